The minimum Gasteiger partial charge on any atom is -0.457 e. The van der Waals surface area contributed by atoms with Gasteiger partial charge in [0.25, 0.3) is 0 Å². The summed E-state index contributed by atoms with van der Waals surface area (Å²) in [7, 11) is 0. The maximum absolute atomic E-state index is 6.77. The number of hydrogen-bond donors (Lipinski definition) is 0. The second kappa shape index (κ2) is 12.7. The molecule has 12 rings (SSSR count). The molecule has 0 radical (unpaired) electrons. The standard InChI is InChI=1S/C53H39N5O/c1-33-28-34(2)51(35(3)29-33)56-32-55(47-22-11-12-23-48(47)56)37-16-13-17-38(30-37)59-39-24-25-40-41-26-27-49-50(42-18-7-9-20-45(42)57(49)36-14-5-4-6-15-36)52(41)58-46-21-10-8-19-44(46)54-53(58)43(40)31-39/h4-31H,32H2,1-3H3. The van der Waals surface area contributed by atoms with Gasteiger partial charge in [0, 0.05) is 44.7 Å². The molecular formula is C53H39N5O. The number of aromatic nitrogens is 3. The van der Waals surface area contributed by atoms with Crippen LogP contribution in [-0.2, 0) is 0 Å². The molecule has 3 aromatic heterocycles. The van der Waals surface area contributed by atoms with E-state index in [1.807, 2.05) is 6.07 Å². The molecule has 11 aromatic rings. The first kappa shape index (κ1) is 33.6. The lowest BCUT2D eigenvalue weighted by Gasteiger charge is -2.25. The first-order valence-corrected chi connectivity index (χ1v) is 20.2. The van der Waals surface area contributed by atoms with Crippen molar-refractivity contribution in [1.82, 2.24) is 14.0 Å². The Labute approximate surface area is 341 Å². The molecule has 0 N–H and O–H groups in total. The zero-order valence-corrected chi connectivity index (χ0v) is 33.0. The molecule has 0 unspecified atom stereocenters. The van der Waals surface area contributed by atoms with E-state index >= 15 is 0 Å². The Kier molecular flexibility index (Phi) is 7.23. The topological polar surface area (TPSA) is 37.9 Å². The number of anilines is 4. The van der Waals surface area contributed by atoms with E-state index in [0.717, 1.165) is 61.4 Å². The van der Waals surface area contributed by atoms with Crippen LogP contribution >= 0.6 is 0 Å². The van der Waals surface area contributed by atoms with Crippen molar-refractivity contribution in [2.75, 3.05) is 16.5 Å². The third-order valence-electron chi connectivity index (χ3n) is 12.1. The molecule has 1 aliphatic rings. The zero-order chi connectivity index (χ0) is 39.4. The summed E-state index contributed by atoms with van der Waals surface area (Å²) in [6, 6.07) is 60.6. The highest BCUT2D eigenvalue weighted by Crippen LogP contribution is 2.47. The molecule has 6 nitrogen and oxygen atoms in total. The SMILES string of the molecule is Cc1cc(C)c(N2CN(c3cccc(Oc4ccc5c(c4)c4nc6ccccc6n4c4c5ccc5c4c4ccccc4n5-c4ccccc4)c3)c3ccccc32)c(C)c1. The highest BCUT2D eigenvalue weighted by atomic mass is 16.5. The molecule has 0 saturated carbocycles. The van der Waals surface area contributed by atoms with Crippen molar-refractivity contribution in [1.29, 1.82) is 0 Å². The minimum absolute atomic E-state index is 0.708. The van der Waals surface area contributed by atoms with E-state index in [9.17, 15) is 0 Å². The van der Waals surface area contributed by atoms with Crippen molar-refractivity contribution in [2.24, 2.45) is 0 Å². The largest absolute Gasteiger partial charge is 0.457 e. The number of fused-ring (bicyclic) bond motifs is 13. The number of imidazole rings is 1. The number of nitrogens with zero attached hydrogens (tertiary/aromatic N) is 5. The van der Waals surface area contributed by atoms with Gasteiger partial charge < -0.3 is 19.1 Å². The lowest BCUT2D eigenvalue weighted by atomic mass is 10.0. The first-order chi connectivity index (χ1) is 29.0. The molecule has 282 valence electrons. The third-order valence-corrected chi connectivity index (χ3v) is 12.1. The number of aryl methyl sites for hydroxylation is 3. The van der Waals surface area contributed by atoms with Gasteiger partial charge in [-0.3, -0.25) is 4.40 Å². The number of benzene rings is 8. The number of para-hydroxylation sites is 6. The van der Waals surface area contributed by atoms with E-state index in [2.05, 4.69) is 203 Å². The molecule has 0 spiro atoms. The predicted molar refractivity (Wildman–Crippen MR) is 245 cm³/mol. The maximum Gasteiger partial charge on any atom is 0.146 e. The molecule has 59 heavy (non-hydrogen) atoms. The van der Waals surface area contributed by atoms with E-state index < -0.39 is 0 Å². The Bertz CT molecular complexity index is 3480. The van der Waals surface area contributed by atoms with E-state index in [1.165, 1.54) is 55.4 Å². The molecule has 0 saturated heterocycles. The van der Waals surface area contributed by atoms with Gasteiger partial charge in [-0.25, -0.2) is 4.98 Å². The summed E-state index contributed by atoms with van der Waals surface area (Å²) < 4.78 is 11.5. The van der Waals surface area contributed by atoms with Gasteiger partial charge >= 0.3 is 0 Å². The van der Waals surface area contributed by atoms with Gasteiger partial charge in [0.15, 0.2) is 0 Å². The normalized spacial score (nSPS) is 12.9. The van der Waals surface area contributed by atoms with Crippen molar-refractivity contribution in [3.63, 3.8) is 0 Å². The molecule has 8 aromatic carbocycles. The van der Waals surface area contributed by atoms with Gasteiger partial charge in [0.2, 0.25) is 0 Å². The van der Waals surface area contributed by atoms with E-state index in [0.29, 0.717) is 6.67 Å². The van der Waals surface area contributed by atoms with Gasteiger partial charge in [-0.2, -0.15) is 0 Å². The van der Waals surface area contributed by atoms with Gasteiger partial charge in [-0.05, 0) is 116 Å². The fourth-order valence-corrected chi connectivity index (χ4v) is 9.86. The summed E-state index contributed by atoms with van der Waals surface area (Å²) in [5.41, 5.74) is 16.1. The zero-order valence-electron chi connectivity index (χ0n) is 33.0. The minimum atomic E-state index is 0.708. The molecule has 0 bridgehead atoms. The summed E-state index contributed by atoms with van der Waals surface area (Å²) in [6.45, 7) is 7.30. The summed E-state index contributed by atoms with van der Waals surface area (Å²) >= 11 is 0. The van der Waals surface area contributed by atoms with E-state index in [4.69, 9.17) is 9.72 Å². The van der Waals surface area contributed by atoms with Crippen LogP contribution in [0.4, 0.5) is 22.7 Å². The van der Waals surface area contributed by atoms with Crippen LogP contribution in [-0.4, -0.2) is 20.6 Å². The lowest BCUT2D eigenvalue weighted by Crippen LogP contribution is -2.25. The Morgan fingerprint density at radius 3 is 2.00 bits per heavy atom. The van der Waals surface area contributed by atoms with Gasteiger partial charge in [0.1, 0.15) is 23.8 Å². The fourth-order valence-electron chi connectivity index (χ4n) is 9.86. The molecule has 4 heterocycles. The maximum atomic E-state index is 6.77. The third kappa shape index (κ3) is 5.02. The van der Waals surface area contributed by atoms with Crippen LogP contribution in [0.15, 0.2) is 170 Å². The second-order valence-electron chi connectivity index (χ2n) is 15.8. The van der Waals surface area contributed by atoms with Crippen LogP contribution in [0.2, 0.25) is 0 Å². The van der Waals surface area contributed by atoms with Gasteiger partial charge in [-0.15, -0.1) is 0 Å². The molecule has 0 aliphatic carbocycles. The Morgan fingerprint density at radius 2 is 1.17 bits per heavy atom. The van der Waals surface area contributed by atoms with Crippen LogP contribution in [0.5, 0.6) is 11.5 Å². The van der Waals surface area contributed by atoms with Gasteiger partial charge in [-0.1, -0.05) is 90.5 Å². The summed E-state index contributed by atoms with van der Waals surface area (Å²) in [5.74, 6) is 1.54. The molecule has 0 atom stereocenters. The highest BCUT2D eigenvalue weighted by molar-refractivity contribution is 6.26. The molecule has 0 amide bonds. The summed E-state index contributed by atoms with van der Waals surface area (Å²) in [5, 5.41) is 5.77. The number of ether oxygens (including phenoxy) is 1. The molecular weight excluding hydrogens is 723 g/mol. The van der Waals surface area contributed by atoms with E-state index in [-0.39, 0.29) is 0 Å². The number of rotatable bonds is 5. The van der Waals surface area contributed by atoms with Crippen molar-refractivity contribution in [3.05, 3.63) is 187 Å². The monoisotopic (exact) mass is 761 g/mol. The van der Waals surface area contributed by atoms with Crippen LogP contribution in [0.25, 0.3) is 65.8 Å². The van der Waals surface area contributed by atoms with Crippen molar-refractivity contribution < 1.29 is 4.74 Å². The highest BCUT2D eigenvalue weighted by Gasteiger charge is 2.30. The van der Waals surface area contributed by atoms with Crippen LogP contribution in [0.1, 0.15) is 16.7 Å². The van der Waals surface area contributed by atoms with Gasteiger partial charge in [0.05, 0.1) is 39.0 Å². The Hall–Kier alpha value is -7.57. The average Bonchev–Trinajstić information content (AvgIpc) is 3.94. The average molecular weight is 762 g/mol. The summed E-state index contributed by atoms with van der Waals surface area (Å²) in [6.07, 6.45) is 0. The number of hydrogen-bond acceptors (Lipinski definition) is 4. The van der Waals surface area contributed by atoms with E-state index in [1.54, 1.807) is 0 Å². The fraction of sp³-hybridized carbons (Fsp3) is 0.0755. The number of pyridine rings is 1. The predicted octanol–water partition coefficient (Wildman–Crippen LogP) is 13.9. The van der Waals surface area contributed by atoms with Crippen molar-refractivity contribution in [3.8, 4) is 17.2 Å². The lowest BCUT2D eigenvalue weighted by molar-refractivity contribution is 0.483. The first-order valence-electron chi connectivity index (χ1n) is 20.2. The Morgan fingerprint density at radius 1 is 0.492 bits per heavy atom. The van der Waals surface area contributed by atoms with Crippen LogP contribution in [0.3, 0.4) is 0 Å². The van der Waals surface area contributed by atoms with Crippen LogP contribution < -0.4 is 14.5 Å². The molecule has 0 fully saturated rings. The summed E-state index contributed by atoms with van der Waals surface area (Å²) in [4.78, 5) is 10.1. The molecule has 6 heteroatoms. The van der Waals surface area contributed by atoms with Crippen molar-refractivity contribution >= 4 is 82.9 Å². The van der Waals surface area contributed by atoms with Crippen molar-refractivity contribution in [2.45, 2.75) is 20.8 Å². The second-order valence-corrected chi connectivity index (χ2v) is 15.8. The van der Waals surface area contributed by atoms with Crippen LogP contribution in [0, 0.1) is 20.8 Å². The Balaban J connectivity index is 1.000. The quantitative estimate of drug-likeness (QED) is 0.164. The molecule has 1 aliphatic heterocycles. The smallest absolute Gasteiger partial charge is 0.146 e.